The Bertz CT molecular complexity index is 331. The van der Waals surface area contributed by atoms with E-state index in [2.05, 4.69) is 18.9 Å². The number of rotatable bonds is 4. The lowest BCUT2D eigenvalue weighted by Crippen LogP contribution is -2.29. The Morgan fingerprint density at radius 2 is 2.07 bits per heavy atom. The monoisotopic (exact) mass is 211 g/mol. The lowest BCUT2D eigenvalue weighted by Gasteiger charge is -2.15. The minimum absolute atomic E-state index is 0.154. The second-order valence-corrected chi connectivity index (χ2v) is 4.31. The van der Waals surface area contributed by atoms with Gasteiger partial charge in [-0.2, -0.15) is 5.10 Å². The van der Waals surface area contributed by atoms with Crippen LogP contribution < -0.4 is 10.5 Å². The Balaban J connectivity index is 2.93. The topological polar surface area (TPSA) is 53.1 Å². The van der Waals surface area contributed by atoms with Crippen LogP contribution in [0.15, 0.2) is 0 Å². The van der Waals surface area contributed by atoms with E-state index in [4.69, 9.17) is 10.5 Å². The molecule has 0 fully saturated rings. The van der Waals surface area contributed by atoms with E-state index >= 15 is 0 Å². The average Bonchev–Trinajstić information content (AvgIpc) is 2.41. The van der Waals surface area contributed by atoms with Gasteiger partial charge in [0.1, 0.15) is 0 Å². The van der Waals surface area contributed by atoms with Crippen LogP contribution in [0.3, 0.4) is 0 Å². The first-order chi connectivity index (χ1) is 6.97. The molecule has 86 valence electrons. The van der Waals surface area contributed by atoms with Crippen LogP contribution in [0.1, 0.15) is 25.1 Å². The van der Waals surface area contributed by atoms with Crippen LogP contribution in [-0.2, 0) is 13.5 Å². The molecule has 0 amide bonds. The summed E-state index contributed by atoms with van der Waals surface area (Å²) in [5, 5.41) is 4.33. The van der Waals surface area contributed by atoms with Crippen molar-refractivity contribution in [1.82, 2.24) is 9.78 Å². The molecule has 15 heavy (non-hydrogen) atoms. The molecule has 1 aromatic rings. The smallest absolute Gasteiger partial charge is 0.214 e. The summed E-state index contributed by atoms with van der Waals surface area (Å²) in [5.41, 5.74) is 8.19. The van der Waals surface area contributed by atoms with Gasteiger partial charge in [0.05, 0.1) is 12.8 Å². The van der Waals surface area contributed by atoms with E-state index in [1.165, 1.54) is 0 Å². The summed E-state index contributed by atoms with van der Waals surface area (Å²) in [4.78, 5) is 0. The van der Waals surface area contributed by atoms with Gasteiger partial charge in [0.15, 0.2) is 0 Å². The van der Waals surface area contributed by atoms with Gasteiger partial charge in [-0.05, 0) is 19.3 Å². The van der Waals surface area contributed by atoms with Gasteiger partial charge in [-0.15, -0.1) is 0 Å². The molecule has 0 saturated heterocycles. The summed E-state index contributed by atoms with van der Waals surface area (Å²) < 4.78 is 7.08. The Morgan fingerprint density at radius 3 is 2.53 bits per heavy atom. The van der Waals surface area contributed by atoms with E-state index in [9.17, 15) is 0 Å². The van der Waals surface area contributed by atoms with Crippen molar-refractivity contribution in [2.24, 2.45) is 18.7 Å². The molecule has 0 aliphatic carbocycles. The molecule has 1 heterocycles. The highest BCUT2D eigenvalue weighted by Gasteiger charge is 2.18. The van der Waals surface area contributed by atoms with Crippen molar-refractivity contribution in [3.05, 3.63) is 11.3 Å². The first-order valence-corrected chi connectivity index (χ1v) is 5.29. The van der Waals surface area contributed by atoms with Crippen molar-refractivity contribution < 1.29 is 4.74 Å². The van der Waals surface area contributed by atoms with Crippen LogP contribution in [0.2, 0.25) is 0 Å². The molecule has 1 rings (SSSR count). The molecule has 0 spiro atoms. The van der Waals surface area contributed by atoms with Gasteiger partial charge in [0.2, 0.25) is 5.88 Å². The first kappa shape index (κ1) is 12.0. The fourth-order valence-electron chi connectivity index (χ4n) is 1.64. The van der Waals surface area contributed by atoms with Crippen molar-refractivity contribution in [2.45, 2.75) is 33.2 Å². The molecule has 2 N–H and O–H groups in total. The summed E-state index contributed by atoms with van der Waals surface area (Å²) in [6.07, 6.45) is 0.820. The van der Waals surface area contributed by atoms with Crippen LogP contribution >= 0.6 is 0 Å². The quantitative estimate of drug-likeness (QED) is 0.815. The number of hydrogen-bond acceptors (Lipinski definition) is 3. The SMILES string of the molecule is COc1c(CC(N)C(C)C)c(C)nn1C. The predicted octanol–water partition coefficient (Wildman–Crippen LogP) is 1.26. The normalized spacial score (nSPS) is 13.3. The molecule has 0 radical (unpaired) electrons. The summed E-state index contributed by atoms with van der Waals surface area (Å²) >= 11 is 0. The van der Waals surface area contributed by atoms with Gasteiger partial charge in [-0.25, -0.2) is 4.68 Å². The van der Waals surface area contributed by atoms with E-state index in [1.807, 2.05) is 14.0 Å². The molecule has 0 aliphatic rings. The molecule has 4 nitrogen and oxygen atoms in total. The van der Waals surface area contributed by atoms with E-state index < -0.39 is 0 Å². The van der Waals surface area contributed by atoms with Crippen LogP contribution in [0.5, 0.6) is 5.88 Å². The molecule has 1 aromatic heterocycles. The largest absolute Gasteiger partial charge is 0.481 e. The number of aryl methyl sites for hydroxylation is 2. The Kier molecular flexibility index (Phi) is 3.74. The van der Waals surface area contributed by atoms with E-state index in [0.29, 0.717) is 5.92 Å². The van der Waals surface area contributed by atoms with Crippen LogP contribution in [-0.4, -0.2) is 22.9 Å². The zero-order valence-corrected chi connectivity index (χ0v) is 10.2. The number of nitrogens with two attached hydrogens (primary N) is 1. The Morgan fingerprint density at radius 1 is 1.47 bits per heavy atom. The standard InChI is InChI=1S/C11H21N3O/c1-7(2)10(12)6-9-8(3)13-14(4)11(9)15-5/h7,10H,6,12H2,1-5H3. The number of aromatic nitrogens is 2. The van der Waals surface area contributed by atoms with Crippen molar-refractivity contribution in [3.8, 4) is 5.88 Å². The van der Waals surface area contributed by atoms with E-state index in [-0.39, 0.29) is 6.04 Å². The second-order valence-electron chi connectivity index (χ2n) is 4.31. The van der Waals surface area contributed by atoms with Gasteiger partial charge in [-0.3, -0.25) is 0 Å². The second kappa shape index (κ2) is 4.66. The summed E-state index contributed by atoms with van der Waals surface area (Å²) in [5.74, 6) is 1.29. The highest BCUT2D eigenvalue weighted by Crippen LogP contribution is 2.23. The fourth-order valence-corrected chi connectivity index (χ4v) is 1.64. The van der Waals surface area contributed by atoms with Crippen molar-refractivity contribution in [2.75, 3.05) is 7.11 Å². The molecule has 0 aliphatic heterocycles. The number of hydrogen-bond donors (Lipinski definition) is 1. The first-order valence-electron chi connectivity index (χ1n) is 5.29. The van der Waals surface area contributed by atoms with Gasteiger partial charge in [-0.1, -0.05) is 13.8 Å². The lowest BCUT2D eigenvalue weighted by molar-refractivity contribution is 0.366. The summed E-state index contributed by atoms with van der Waals surface area (Å²) in [6.45, 7) is 6.25. The zero-order chi connectivity index (χ0) is 11.6. The molecular weight excluding hydrogens is 190 g/mol. The van der Waals surface area contributed by atoms with Crippen molar-refractivity contribution in [1.29, 1.82) is 0 Å². The Labute approximate surface area is 91.4 Å². The fraction of sp³-hybridized carbons (Fsp3) is 0.727. The Hall–Kier alpha value is -1.03. The van der Waals surface area contributed by atoms with Gasteiger partial charge in [0, 0.05) is 18.7 Å². The number of nitrogens with zero attached hydrogens (tertiary/aromatic N) is 2. The molecule has 4 heteroatoms. The highest BCUT2D eigenvalue weighted by atomic mass is 16.5. The summed E-state index contributed by atoms with van der Waals surface area (Å²) in [7, 11) is 3.55. The third kappa shape index (κ3) is 2.50. The highest BCUT2D eigenvalue weighted by molar-refractivity contribution is 5.31. The summed E-state index contributed by atoms with van der Waals surface area (Å²) in [6, 6.07) is 0.154. The maximum Gasteiger partial charge on any atom is 0.214 e. The average molecular weight is 211 g/mol. The molecule has 0 saturated carbocycles. The number of methoxy groups -OCH3 is 1. The van der Waals surface area contributed by atoms with Crippen molar-refractivity contribution in [3.63, 3.8) is 0 Å². The van der Waals surface area contributed by atoms with E-state index in [1.54, 1.807) is 11.8 Å². The van der Waals surface area contributed by atoms with Crippen LogP contribution in [0.25, 0.3) is 0 Å². The third-order valence-electron chi connectivity index (χ3n) is 2.78. The minimum Gasteiger partial charge on any atom is -0.481 e. The lowest BCUT2D eigenvalue weighted by atomic mass is 9.97. The molecule has 0 bridgehead atoms. The minimum atomic E-state index is 0.154. The maximum atomic E-state index is 6.06. The molecule has 1 atom stereocenters. The van der Waals surface area contributed by atoms with Crippen LogP contribution in [0.4, 0.5) is 0 Å². The van der Waals surface area contributed by atoms with Gasteiger partial charge < -0.3 is 10.5 Å². The van der Waals surface area contributed by atoms with Gasteiger partial charge in [0.25, 0.3) is 0 Å². The van der Waals surface area contributed by atoms with Gasteiger partial charge >= 0.3 is 0 Å². The predicted molar refractivity (Wildman–Crippen MR) is 61.0 cm³/mol. The van der Waals surface area contributed by atoms with E-state index in [0.717, 1.165) is 23.6 Å². The van der Waals surface area contributed by atoms with Crippen molar-refractivity contribution >= 4 is 0 Å². The molecule has 0 aromatic carbocycles. The third-order valence-corrected chi connectivity index (χ3v) is 2.78. The number of ether oxygens (including phenoxy) is 1. The molecular formula is C11H21N3O. The molecule has 1 unspecified atom stereocenters. The zero-order valence-electron chi connectivity index (χ0n) is 10.2. The van der Waals surface area contributed by atoms with Crippen LogP contribution in [0, 0.1) is 12.8 Å². The maximum absolute atomic E-state index is 6.06.